The minimum absolute atomic E-state index is 0.153. The van der Waals surface area contributed by atoms with Crippen LogP contribution in [0.2, 0.25) is 0 Å². The number of nitrogens with zero attached hydrogens (tertiary/aromatic N) is 3. The van der Waals surface area contributed by atoms with Gasteiger partial charge in [-0.2, -0.15) is 0 Å². The molecule has 0 radical (unpaired) electrons. The molecule has 1 amide bonds. The van der Waals surface area contributed by atoms with E-state index in [9.17, 15) is 4.79 Å². The first kappa shape index (κ1) is 20.9. The average Bonchev–Trinajstić information content (AvgIpc) is 2.83. The van der Waals surface area contributed by atoms with E-state index in [-0.39, 0.29) is 5.91 Å². The third-order valence-electron chi connectivity index (χ3n) is 6.50. The van der Waals surface area contributed by atoms with Crippen LogP contribution in [-0.4, -0.2) is 68.7 Å². The summed E-state index contributed by atoms with van der Waals surface area (Å²) in [6, 6.07) is 18.2. The van der Waals surface area contributed by atoms with E-state index in [4.69, 9.17) is 4.74 Å². The van der Waals surface area contributed by atoms with Crippen molar-refractivity contribution in [1.82, 2.24) is 9.80 Å². The van der Waals surface area contributed by atoms with Gasteiger partial charge in [-0.1, -0.05) is 30.3 Å². The summed E-state index contributed by atoms with van der Waals surface area (Å²) in [6.07, 6.45) is 3.44. The van der Waals surface area contributed by atoms with Gasteiger partial charge in [-0.25, -0.2) is 0 Å². The molecular formula is C25H33N3O2. The Balaban J connectivity index is 1.35. The van der Waals surface area contributed by atoms with Gasteiger partial charge in [0.15, 0.2) is 0 Å². The maximum atomic E-state index is 13.3. The van der Waals surface area contributed by atoms with Crippen molar-refractivity contribution in [2.75, 3.05) is 57.9 Å². The summed E-state index contributed by atoms with van der Waals surface area (Å²) in [5.74, 6) is 0.874. The monoisotopic (exact) mass is 407 g/mol. The number of piperidine rings is 1. The highest BCUT2D eigenvalue weighted by Gasteiger charge is 2.26. The predicted molar refractivity (Wildman–Crippen MR) is 121 cm³/mol. The maximum Gasteiger partial charge on any atom is 0.255 e. The van der Waals surface area contributed by atoms with E-state index in [2.05, 4.69) is 21.9 Å². The third-order valence-corrected chi connectivity index (χ3v) is 6.50. The Labute approximate surface area is 180 Å². The van der Waals surface area contributed by atoms with Crippen LogP contribution in [0.4, 0.5) is 11.4 Å². The lowest BCUT2D eigenvalue weighted by Gasteiger charge is -2.34. The number of anilines is 2. The molecule has 2 fully saturated rings. The van der Waals surface area contributed by atoms with Crippen molar-refractivity contribution >= 4 is 17.3 Å². The van der Waals surface area contributed by atoms with Gasteiger partial charge < -0.3 is 14.5 Å². The van der Waals surface area contributed by atoms with Gasteiger partial charge in [0.05, 0.1) is 24.5 Å². The molecule has 5 heteroatoms. The van der Waals surface area contributed by atoms with Crippen molar-refractivity contribution in [2.45, 2.75) is 19.3 Å². The van der Waals surface area contributed by atoms with Crippen molar-refractivity contribution in [3.8, 4) is 0 Å². The van der Waals surface area contributed by atoms with E-state index in [1.165, 1.54) is 6.42 Å². The molecule has 2 aliphatic rings. The summed E-state index contributed by atoms with van der Waals surface area (Å²) in [4.78, 5) is 20.0. The fourth-order valence-electron chi connectivity index (χ4n) is 4.52. The van der Waals surface area contributed by atoms with Crippen molar-refractivity contribution in [2.24, 2.45) is 5.92 Å². The molecule has 2 aliphatic heterocycles. The summed E-state index contributed by atoms with van der Waals surface area (Å²) >= 11 is 0. The molecule has 0 bridgehead atoms. The molecule has 2 aromatic rings. The lowest BCUT2D eigenvalue weighted by atomic mass is 9.92. The molecule has 0 N–H and O–H groups in total. The number of benzene rings is 2. The Kier molecular flexibility index (Phi) is 7.03. The SMILES string of the molecule is CN(c1ccccc1)c1ccccc1C(=O)N1CCC(CCN2CCOCC2)CC1. The second-order valence-corrected chi connectivity index (χ2v) is 8.39. The van der Waals surface area contributed by atoms with Crippen LogP contribution in [0.5, 0.6) is 0 Å². The first-order valence-corrected chi connectivity index (χ1v) is 11.2. The topological polar surface area (TPSA) is 36.0 Å². The number of rotatable bonds is 6. The van der Waals surface area contributed by atoms with E-state index in [1.807, 2.05) is 54.4 Å². The van der Waals surface area contributed by atoms with Crippen LogP contribution < -0.4 is 4.90 Å². The number of hydrogen-bond donors (Lipinski definition) is 0. The lowest BCUT2D eigenvalue weighted by Crippen LogP contribution is -2.41. The smallest absolute Gasteiger partial charge is 0.255 e. The Bertz CT molecular complexity index is 812. The molecule has 4 rings (SSSR count). The zero-order chi connectivity index (χ0) is 20.8. The van der Waals surface area contributed by atoms with Crippen LogP contribution in [0.1, 0.15) is 29.6 Å². The second-order valence-electron chi connectivity index (χ2n) is 8.39. The first-order valence-electron chi connectivity index (χ1n) is 11.2. The first-order chi connectivity index (χ1) is 14.7. The number of ether oxygens (including phenoxy) is 1. The minimum atomic E-state index is 0.153. The Morgan fingerprint density at radius 2 is 1.63 bits per heavy atom. The van der Waals surface area contributed by atoms with E-state index in [0.717, 1.165) is 81.6 Å². The van der Waals surface area contributed by atoms with Crippen LogP contribution in [0.15, 0.2) is 54.6 Å². The highest BCUT2D eigenvalue weighted by molar-refractivity contribution is 6.00. The summed E-state index contributed by atoms with van der Waals surface area (Å²) in [5, 5.41) is 0. The zero-order valence-corrected chi connectivity index (χ0v) is 18.0. The molecule has 5 nitrogen and oxygen atoms in total. The third kappa shape index (κ3) is 5.02. The van der Waals surface area contributed by atoms with E-state index in [0.29, 0.717) is 0 Å². The molecule has 2 heterocycles. The van der Waals surface area contributed by atoms with E-state index in [1.54, 1.807) is 0 Å². The summed E-state index contributed by atoms with van der Waals surface area (Å²) in [7, 11) is 2.03. The van der Waals surface area contributed by atoms with Gasteiger partial charge in [0.1, 0.15) is 0 Å². The fourth-order valence-corrected chi connectivity index (χ4v) is 4.52. The molecule has 2 saturated heterocycles. The number of morpholine rings is 1. The summed E-state index contributed by atoms with van der Waals surface area (Å²) < 4.78 is 5.44. The van der Waals surface area contributed by atoms with Crippen LogP contribution in [-0.2, 0) is 4.74 Å². The molecule has 0 aromatic heterocycles. The number of para-hydroxylation sites is 2. The van der Waals surface area contributed by atoms with Gasteiger partial charge in [0.25, 0.3) is 5.91 Å². The van der Waals surface area contributed by atoms with Gasteiger partial charge in [0.2, 0.25) is 0 Å². The zero-order valence-electron chi connectivity index (χ0n) is 18.0. The second kappa shape index (κ2) is 10.1. The van der Waals surface area contributed by atoms with Crippen LogP contribution >= 0.6 is 0 Å². The molecule has 0 aliphatic carbocycles. The van der Waals surface area contributed by atoms with E-state index >= 15 is 0 Å². The highest BCUT2D eigenvalue weighted by atomic mass is 16.5. The standard InChI is InChI=1S/C25H33N3O2/c1-26(22-7-3-2-4-8-22)24-10-6-5-9-23(24)25(29)28-15-12-21(13-16-28)11-14-27-17-19-30-20-18-27/h2-10,21H,11-20H2,1H3. The van der Waals surface area contributed by atoms with E-state index < -0.39 is 0 Å². The molecule has 0 saturated carbocycles. The maximum absolute atomic E-state index is 13.3. The predicted octanol–water partition coefficient (Wildman–Crippen LogP) is 4.03. The van der Waals surface area contributed by atoms with Gasteiger partial charge in [-0.05, 0) is 56.0 Å². The molecule has 30 heavy (non-hydrogen) atoms. The molecule has 0 atom stereocenters. The largest absolute Gasteiger partial charge is 0.379 e. The van der Waals surface area contributed by atoms with Crippen molar-refractivity contribution in [3.63, 3.8) is 0 Å². The quantitative estimate of drug-likeness (QED) is 0.724. The molecule has 160 valence electrons. The Morgan fingerprint density at radius 1 is 0.967 bits per heavy atom. The number of hydrogen-bond acceptors (Lipinski definition) is 4. The Morgan fingerprint density at radius 3 is 2.37 bits per heavy atom. The minimum Gasteiger partial charge on any atom is -0.379 e. The van der Waals surface area contributed by atoms with Gasteiger partial charge in [0, 0.05) is 38.9 Å². The van der Waals surface area contributed by atoms with Crippen LogP contribution in [0, 0.1) is 5.92 Å². The number of amides is 1. The summed E-state index contributed by atoms with van der Waals surface area (Å²) in [6.45, 7) is 6.72. The number of carbonyl (C=O) groups is 1. The fraction of sp³-hybridized carbons (Fsp3) is 0.480. The average molecular weight is 408 g/mol. The van der Waals surface area contributed by atoms with Gasteiger partial charge in [-0.3, -0.25) is 9.69 Å². The molecular weight excluding hydrogens is 374 g/mol. The summed E-state index contributed by atoms with van der Waals surface area (Å²) in [5.41, 5.74) is 2.83. The van der Waals surface area contributed by atoms with Crippen molar-refractivity contribution in [1.29, 1.82) is 0 Å². The molecule has 0 unspecified atom stereocenters. The molecule has 0 spiro atoms. The van der Waals surface area contributed by atoms with Crippen molar-refractivity contribution < 1.29 is 9.53 Å². The normalized spacial score (nSPS) is 18.4. The van der Waals surface area contributed by atoms with Gasteiger partial charge >= 0.3 is 0 Å². The highest BCUT2D eigenvalue weighted by Crippen LogP contribution is 2.29. The van der Waals surface area contributed by atoms with Crippen LogP contribution in [0.25, 0.3) is 0 Å². The van der Waals surface area contributed by atoms with Crippen molar-refractivity contribution in [3.05, 3.63) is 60.2 Å². The van der Waals surface area contributed by atoms with Crippen LogP contribution in [0.3, 0.4) is 0 Å². The molecule has 2 aromatic carbocycles. The lowest BCUT2D eigenvalue weighted by molar-refractivity contribution is 0.0332. The Hall–Kier alpha value is -2.37. The number of likely N-dealkylation sites (tertiary alicyclic amines) is 1. The number of carbonyl (C=O) groups excluding carboxylic acids is 1. The van der Waals surface area contributed by atoms with Gasteiger partial charge in [-0.15, -0.1) is 0 Å².